The predicted molar refractivity (Wildman–Crippen MR) is 77.0 cm³/mol. The van der Waals surface area contributed by atoms with Crippen molar-refractivity contribution in [3.05, 3.63) is 42.4 Å². The molecule has 2 aromatic heterocycles. The maximum Gasteiger partial charge on any atom is 0.224 e. The van der Waals surface area contributed by atoms with Gasteiger partial charge in [0, 0.05) is 30.7 Å². The third kappa shape index (κ3) is 4.54. The predicted octanol–water partition coefficient (Wildman–Crippen LogP) is 2.69. The van der Waals surface area contributed by atoms with Crippen LogP contribution in [0.1, 0.15) is 26.3 Å². The molecule has 0 atom stereocenters. The van der Waals surface area contributed by atoms with Crippen LogP contribution < -0.4 is 10.6 Å². The van der Waals surface area contributed by atoms with Gasteiger partial charge in [-0.2, -0.15) is 4.98 Å². The molecule has 0 fully saturated rings. The van der Waals surface area contributed by atoms with E-state index >= 15 is 0 Å². The Kier molecular flexibility index (Phi) is 3.94. The highest BCUT2D eigenvalue weighted by Gasteiger charge is 2.10. The molecule has 2 aromatic rings. The van der Waals surface area contributed by atoms with Crippen molar-refractivity contribution in [3.8, 4) is 0 Å². The second-order valence-electron chi connectivity index (χ2n) is 5.35. The first-order valence-corrected chi connectivity index (χ1v) is 6.27. The van der Waals surface area contributed by atoms with Gasteiger partial charge in [0.1, 0.15) is 5.82 Å². The highest BCUT2D eigenvalue weighted by Crippen LogP contribution is 2.13. The molecule has 2 heterocycles. The van der Waals surface area contributed by atoms with Crippen LogP contribution in [-0.4, -0.2) is 20.5 Å². The highest BCUT2D eigenvalue weighted by atomic mass is 15.1. The Hall–Kier alpha value is -2.17. The largest absolute Gasteiger partial charge is 0.365 e. The van der Waals surface area contributed by atoms with Gasteiger partial charge in [-0.3, -0.25) is 4.98 Å². The topological polar surface area (TPSA) is 62.7 Å². The Bertz CT molecular complexity index is 519. The van der Waals surface area contributed by atoms with Crippen molar-refractivity contribution < 1.29 is 0 Å². The molecule has 0 radical (unpaired) electrons. The van der Waals surface area contributed by atoms with Crippen molar-refractivity contribution in [3.63, 3.8) is 0 Å². The lowest BCUT2D eigenvalue weighted by atomic mass is 10.1. The van der Waals surface area contributed by atoms with E-state index in [1.807, 2.05) is 18.2 Å². The van der Waals surface area contributed by atoms with E-state index in [-0.39, 0.29) is 5.54 Å². The van der Waals surface area contributed by atoms with Crippen LogP contribution in [0.4, 0.5) is 11.8 Å². The number of anilines is 2. The smallest absolute Gasteiger partial charge is 0.224 e. The van der Waals surface area contributed by atoms with Gasteiger partial charge in [-0.25, -0.2) is 4.98 Å². The van der Waals surface area contributed by atoms with Gasteiger partial charge in [-0.1, -0.05) is 0 Å². The van der Waals surface area contributed by atoms with Crippen LogP contribution in [0, 0.1) is 0 Å². The van der Waals surface area contributed by atoms with Gasteiger partial charge in [0.05, 0.1) is 0 Å². The average Bonchev–Trinajstić information content (AvgIpc) is 2.36. The van der Waals surface area contributed by atoms with Crippen LogP contribution in [0.25, 0.3) is 0 Å². The molecule has 0 unspecified atom stereocenters. The number of hydrogen-bond donors (Lipinski definition) is 2. The quantitative estimate of drug-likeness (QED) is 0.881. The first-order chi connectivity index (χ1) is 9.03. The SMILES string of the molecule is CC(C)(C)Nc1ccnc(NCc2ccncc2)n1. The fourth-order valence-electron chi connectivity index (χ4n) is 1.58. The summed E-state index contributed by atoms with van der Waals surface area (Å²) in [7, 11) is 0. The molecule has 100 valence electrons. The lowest BCUT2D eigenvalue weighted by Crippen LogP contribution is -2.26. The summed E-state index contributed by atoms with van der Waals surface area (Å²) in [4.78, 5) is 12.6. The number of rotatable bonds is 4. The molecule has 0 saturated carbocycles. The summed E-state index contributed by atoms with van der Waals surface area (Å²) in [6.07, 6.45) is 5.29. The highest BCUT2D eigenvalue weighted by molar-refractivity contribution is 5.41. The van der Waals surface area contributed by atoms with E-state index in [0.717, 1.165) is 11.4 Å². The zero-order valence-electron chi connectivity index (χ0n) is 11.5. The first-order valence-electron chi connectivity index (χ1n) is 6.27. The molecule has 2 N–H and O–H groups in total. The number of nitrogens with one attached hydrogen (secondary N) is 2. The standard InChI is InChI=1S/C14H19N5/c1-14(2,3)19-12-6-9-16-13(18-12)17-10-11-4-7-15-8-5-11/h4-9H,10H2,1-3H3,(H2,16,17,18,19). The lowest BCUT2D eigenvalue weighted by molar-refractivity contribution is 0.630. The van der Waals surface area contributed by atoms with Crippen LogP contribution in [0.2, 0.25) is 0 Å². The van der Waals surface area contributed by atoms with Crippen molar-refractivity contribution in [1.29, 1.82) is 0 Å². The molecule has 0 bridgehead atoms. The molecular weight excluding hydrogens is 238 g/mol. The second-order valence-corrected chi connectivity index (χ2v) is 5.35. The van der Waals surface area contributed by atoms with Crippen molar-refractivity contribution in [2.75, 3.05) is 10.6 Å². The zero-order chi connectivity index (χ0) is 13.7. The molecule has 0 aliphatic heterocycles. The van der Waals surface area contributed by atoms with Crippen molar-refractivity contribution in [2.24, 2.45) is 0 Å². The molecule has 0 aliphatic carbocycles. The third-order valence-corrected chi connectivity index (χ3v) is 2.36. The Morgan fingerprint density at radius 1 is 1.05 bits per heavy atom. The van der Waals surface area contributed by atoms with Gasteiger partial charge in [-0.05, 0) is 44.5 Å². The van der Waals surface area contributed by atoms with Crippen LogP contribution >= 0.6 is 0 Å². The maximum absolute atomic E-state index is 4.42. The summed E-state index contributed by atoms with van der Waals surface area (Å²) in [6, 6.07) is 5.79. The third-order valence-electron chi connectivity index (χ3n) is 2.36. The maximum atomic E-state index is 4.42. The Labute approximate surface area is 113 Å². The van der Waals surface area contributed by atoms with Crippen LogP contribution in [0.5, 0.6) is 0 Å². The zero-order valence-corrected chi connectivity index (χ0v) is 11.5. The Morgan fingerprint density at radius 3 is 2.47 bits per heavy atom. The molecular formula is C14H19N5. The lowest BCUT2D eigenvalue weighted by Gasteiger charge is -2.21. The van der Waals surface area contributed by atoms with Crippen LogP contribution in [0.3, 0.4) is 0 Å². The van der Waals surface area contributed by atoms with Gasteiger partial charge in [0.2, 0.25) is 5.95 Å². The molecule has 2 rings (SSSR count). The summed E-state index contributed by atoms with van der Waals surface area (Å²) in [5.74, 6) is 1.44. The molecule has 19 heavy (non-hydrogen) atoms. The molecule has 0 spiro atoms. The normalized spacial score (nSPS) is 11.1. The number of aromatic nitrogens is 3. The van der Waals surface area contributed by atoms with E-state index < -0.39 is 0 Å². The summed E-state index contributed by atoms with van der Waals surface area (Å²) in [5.41, 5.74) is 1.13. The van der Waals surface area contributed by atoms with Crippen molar-refractivity contribution in [2.45, 2.75) is 32.9 Å². The minimum Gasteiger partial charge on any atom is -0.365 e. The number of hydrogen-bond acceptors (Lipinski definition) is 5. The summed E-state index contributed by atoms with van der Waals surface area (Å²) in [6.45, 7) is 6.97. The molecule has 0 aromatic carbocycles. The van der Waals surface area contributed by atoms with Gasteiger partial charge in [0.25, 0.3) is 0 Å². The molecule has 0 amide bonds. The Balaban J connectivity index is 1.99. The van der Waals surface area contributed by atoms with Gasteiger partial charge in [0.15, 0.2) is 0 Å². The van der Waals surface area contributed by atoms with E-state index in [1.54, 1.807) is 18.6 Å². The summed E-state index contributed by atoms with van der Waals surface area (Å²) < 4.78 is 0. The van der Waals surface area contributed by atoms with Crippen LogP contribution in [0.15, 0.2) is 36.8 Å². The van der Waals surface area contributed by atoms with Gasteiger partial charge < -0.3 is 10.6 Å². The first kappa shape index (κ1) is 13.3. The fraction of sp³-hybridized carbons (Fsp3) is 0.357. The molecule has 0 saturated heterocycles. The van der Waals surface area contributed by atoms with Crippen LogP contribution in [-0.2, 0) is 6.54 Å². The van der Waals surface area contributed by atoms with E-state index in [1.165, 1.54) is 0 Å². The molecule has 5 heteroatoms. The summed E-state index contributed by atoms with van der Waals surface area (Å²) in [5, 5.41) is 6.52. The van der Waals surface area contributed by atoms with E-state index in [9.17, 15) is 0 Å². The van der Waals surface area contributed by atoms with Gasteiger partial charge in [-0.15, -0.1) is 0 Å². The molecule has 5 nitrogen and oxygen atoms in total. The minimum atomic E-state index is -0.0171. The second kappa shape index (κ2) is 5.65. The average molecular weight is 257 g/mol. The molecule has 0 aliphatic rings. The van der Waals surface area contributed by atoms with E-state index in [4.69, 9.17) is 0 Å². The fourth-order valence-corrected chi connectivity index (χ4v) is 1.58. The van der Waals surface area contributed by atoms with E-state index in [2.05, 4.69) is 46.4 Å². The van der Waals surface area contributed by atoms with Crippen molar-refractivity contribution >= 4 is 11.8 Å². The number of nitrogens with zero attached hydrogens (tertiary/aromatic N) is 3. The monoisotopic (exact) mass is 257 g/mol. The van der Waals surface area contributed by atoms with E-state index in [0.29, 0.717) is 12.5 Å². The van der Waals surface area contributed by atoms with Crippen molar-refractivity contribution in [1.82, 2.24) is 15.0 Å². The minimum absolute atomic E-state index is 0.0171. The summed E-state index contributed by atoms with van der Waals surface area (Å²) >= 11 is 0. The Morgan fingerprint density at radius 2 is 1.79 bits per heavy atom. The van der Waals surface area contributed by atoms with Gasteiger partial charge >= 0.3 is 0 Å². The number of pyridine rings is 1.